The van der Waals surface area contributed by atoms with Crippen LogP contribution in [0.1, 0.15) is 15.9 Å². The molecule has 0 bridgehead atoms. The van der Waals surface area contributed by atoms with E-state index >= 15 is 0 Å². The number of ether oxygens (including phenoxy) is 3. The quantitative estimate of drug-likeness (QED) is 0.479. The van der Waals surface area contributed by atoms with Gasteiger partial charge in [0.2, 0.25) is 0 Å². The molecule has 0 saturated heterocycles. The Hall–Kier alpha value is -2.60. The van der Waals surface area contributed by atoms with Crippen LogP contribution in [0.15, 0.2) is 41.1 Å². The van der Waals surface area contributed by atoms with Crippen molar-refractivity contribution in [2.24, 2.45) is 0 Å². The van der Waals surface area contributed by atoms with E-state index in [9.17, 15) is 9.59 Å². The fourth-order valence-electron chi connectivity index (χ4n) is 2.02. The largest absolute Gasteiger partial charge is 0.486 e. The van der Waals surface area contributed by atoms with E-state index in [1.807, 2.05) is 16.8 Å². The Morgan fingerprint density at radius 3 is 2.78 bits per heavy atom. The molecule has 2 heterocycles. The number of benzene rings is 1. The number of hydrogen-bond donors (Lipinski definition) is 0. The summed E-state index contributed by atoms with van der Waals surface area (Å²) in [7, 11) is 0. The lowest BCUT2D eigenvalue weighted by Gasteiger charge is -2.18. The van der Waals surface area contributed by atoms with Crippen LogP contribution in [-0.2, 0) is 9.53 Å². The summed E-state index contributed by atoms with van der Waals surface area (Å²) in [5.74, 6) is 0.302. The van der Waals surface area contributed by atoms with E-state index in [2.05, 4.69) is 0 Å². The number of carbonyl (C=O) groups is 2. The summed E-state index contributed by atoms with van der Waals surface area (Å²) in [6.45, 7) is 0.633. The van der Waals surface area contributed by atoms with Crippen molar-refractivity contribution in [3.8, 4) is 11.5 Å². The van der Waals surface area contributed by atoms with Crippen molar-refractivity contribution < 1.29 is 23.8 Å². The van der Waals surface area contributed by atoms with Gasteiger partial charge in [0.25, 0.3) is 0 Å². The molecule has 1 aliphatic rings. The Balaban J connectivity index is 1.56. The molecule has 3 rings (SSSR count). The monoisotopic (exact) mass is 330 g/mol. The van der Waals surface area contributed by atoms with Crippen molar-refractivity contribution in [2.45, 2.75) is 0 Å². The van der Waals surface area contributed by atoms with Crippen LogP contribution in [0.5, 0.6) is 11.5 Å². The maximum absolute atomic E-state index is 12.1. The average molecular weight is 330 g/mol. The summed E-state index contributed by atoms with van der Waals surface area (Å²) < 4.78 is 15.8. The van der Waals surface area contributed by atoms with Crippen molar-refractivity contribution in [3.05, 3.63) is 52.2 Å². The number of fused-ring (bicyclic) bond motifs is 1. The molecule has 0 aliphatic carbocycles. The summed E-state index contributed by atoms with van der Waals surface area (Å²) in [5.41, 5.74) is 1.34. The van der Waals surface area contributed by atoms with Crippen LogP contribution in [0.25, 0.3) is 6.08 Å². The van der Waals surface area contributed by atoms with Crippen molar-refractivity contribution in [3.63, 3.8) is 0 Å². The highest BCUT2D eigenvalue weighted by atomic mass is 32.1. The van der Waals surface area contributed by atoms with Crippen LogP contribution < -0.4 is 9.47 Å². The van der Waals surface area contributed by atoms with Gasteiger partial charge in [0.15, 0.2) is 23.9 Å². The predicted octanol–water partition coefficient (Wildman–Crippen LogP) is 2.96. The van der Waals surface area contributed by atoms with Gasteiger partial charge in [0.1, 0.15) is 13.2 Å². The summed E-state index contributed by atoms with van der Waals surface area (Å²) >= 11 is 1.54. The van der Waals surface area contributed by atoms with E-state index in [0.29, 0.717) is 30.3 Å². The predicted molar refractivity (Wildman–Crippen MR) is 86.1 cm³/mol. The number of esters is 1. The second kappa shape index (κ2) is 7.11. The fraction of sp³-hybridized carbons (Fsp3) is 0.176. The molecular formula is C17H14O5S. The fourth-order valence-corrected chi connectivity index (χ4v) is 2.65. The molecule has 5 nitrogen and oxygen atoms in total. The lowest BCUT2D eigenvalue weighted by Crippen LogP contribution is -2.17. The summed E-state index contributed by atoms with van der Waals surface area (Å²) in [6, 6.07) is 6.80. The van der Waals surface area contributed by atoms with Gasteiger partial charge < -0.3 is 14.2 Å². The molecule has 2 aromatic rings. The van der Waals surface area contributed by atoms with Gasteiger partial charge in [0, 0.05) is 11.6 Å². The highest BCUT2D eigenvalue weighted by molar-refractivity contribution is 7.08. The molecule has 0 amide bonds. The maximum Gasteiger partial charge on any atom is 0.331 e. The van der Waals surface area contributed by atoms with Crippen LogP contribution in [0, 0.1) is 0 Å². The van der Waals surface area contributed by atoms with Gasteiger partial charge >= 0.3 is 5.97 Å². The van der Waals surface area contributed by atoms with E-state index in [0.717, 1.165) is 5.56 Å². The Bertz CT molecular complexity index is 733. The van der Waals surface area contributed by atoms with Crippen LogP contribution in [0.4, 0.5) is 0 Å². The van der Waals surface area contributed by atoms with Gasteiger partial charge in [-0.1, -0.05) is 0 Å². The normalized spacial score (nSPS) is 13.0. The van der Waals surface area contributed by atoms with Crippen LogP contribution in [0.2, 0.25) is 0 Å². The molecule has 0 radical (unpaired) electrons. The van der Waals surface area contributed by atoms with E-state index < -0.39 is 5.97 Å². The summed E-state index contributed by atoms with van der Waals surface area (Å²) in [4.78, 5) is 23.7. The highest BCUT2D eigenvalue weighted by Crippen LogP contribution is 2.30. The van der Waals surface area contributed by atoms with Crippen molar-refractivity contribution in [1.29, 1.82) is 0 Å². The van der Waals surface area contributed by atoms with Crippen molar-refractivity contribution in [2.75, 3.05) is 19.8 Å². The Labute approximate surface area is 137 Å². The minimum Gasteiger partial charge on any atom is -0.486 e. The first-order chi connectivity index (χ1) is 11.2. The van der Waals surface area contributed by atoms with Crippen molar-refractivity contribution >= 4 is 29.2 Å². The summed E-state index contributed by atoms with van der Waals surface area (Å²) in [5, 5.41) is 3.82. The first-order valence-electron chi connectivity index (χ1n) is 7.02. The highest BCUT2D eigenvalue weighted by Gasteiger charge is 2.15. The number of hydrogen-bond acceptors (Lipinski definition) is 6. The van der Waals surface area contributed by atoms with Gasteiger partial charge in [-0.2, -0.15) is 11.3 Å². The second-order valence-electron chi connectivity index (χ2n) is 4.78. The molecule has 6 heteroatoms. The maximum atomic E-state index is 12.1. The van der Waals surface area contributed by atoms with E-state index in [-0.39, 0.29) is 12.4 Å². The smallest absolute Gasteiger partial charge is 0.331 e. The average Bonchev–Trinajstić information content (AvgIpc) is 3.11. The first-order valence-corrected chi connectivity index (χ1v) is 7.96. The molecule has 0 N–H and O–H groups in total. The Morgan fingerprint density at radius 1 is 1.17 bits per heavy atom. The van der Waals surface area contributed by atoms with Crippen LogP contribution >= 0.6 is 11.3 Å². The van der Waals surface area contributed by atoms with Gasteiger partial charge in [-0.05, 0) is 46.7 Å². The standard InChI is InChI=1S/C17H14O5S/c18-14(10-22-17(19)4-1-12-5-8-23-11-12)13-2-3-15-16(9-13)21-7-6-20-15/h1-5,8-9,11H,6-7,10H2/b4-1+. The lowest BCUT2D eigenvalue weighted by molar-refractivity contribution is -0.136. The number of carbonyl (C=O) groups excluding carboxylic acids is 2. The Kier molecular flexibility index (Phi) is 4.73. The third kappa shape index (κ3) is 3.98. The van der Waals surface area contributed by atoms with E-state index in [1.54, 1.807) is 24.3 Å². The number of thiophene rings is 1. The number of Topliss-reactive ketones (excluding diaryl/α,β-unsaturated/α-hetero) is 1. The molecule has 118 valence electrons. The molecule has 0 unspecified atom stereocenters. The van der Waals surface area contributed by atoms with Crippen LogP contribution in [0.3, 0.4) is 0 Å². The SMILES string of the molecule is O=C(/C=C/c1ccsc1)OCC(=O)c1ccc2c(c1)OCCO2. The molecule has 1 aromatic carbocycles. The molecule has 1 aliphatic heterocycles. The lowest BCUT2D eigenvalue weighted by atomic mass is 10.1. The zero-order valence-electron chi connectivity index (χ0n) is 12.2. The third-order valence-electron chi connectivity index (χ3n) is 3.16. The first kappa shape index (κ1) is 15.3. The minimum atomic E-state index is -0.554. The number of ketones is 1. The zero-order valence-corrected chi connectivity index (χ0v) is 13.0. The topological polar surface area (TPSA) is 61.8 Å². The van der Waals surface area contributed by atoms with Gasteiger partial charge in [-0.15, -0.1) is 0 Å². The molecule has 1 aromatic heterocycles. The van der Waals surface area contributed by atoms with E-state index in [1.165, 1.54) is 17.4 Å². The molecule has 0 fully saturated rings. The van der Waals surface area contributed by atoms with Gasteiger partial charge in [-0.3, -0.25) is 4.79 Å². The van der Waals surface area contributed by atoms with Crippen molar-refractivity contribution in [1.82, 2.24) is 0 Å². The minimum absolute atomic E-state index is 0.292. The third-order valence-corrected chi connectivity index (χ3v) is 3.87. The molecule has 0 saturated carbocycles. The van der Waals surface area contributed by atoms with Gasteiger partial charge in [-0.25, -0.2) is 4.79 Å². The molecular weight excluding hydrogens is 316 g/mol. The van der Waals surface area contributed by atoms with Gasteiger partial charge in [0.05, 0.1) is 0 Å². The van der Waals surface area contributed by atoms with Crippen LogP contribution in [-0.4, -0.2) is 31.6 Å². The molecule has 23 heavy (non-hydrogen) atoms. The van der Waals surface area contributed by atoms with E-state index in [4.69, 9.17) is 14.2 Å². The summed E-state index contributed by atoms with van der Waals surface area (Å²) in [6.07, 6.45) is 2.95. The molecule has 0 atom stereocenters. The Morgan fingerprint density at radius 2 is 2.00 bits per heavy atom. The number of rotatable bonds is 5. The second-order valence-corrected chi connectivity index (χ2v) is 5.56. The molecule has 0 spiro atoms. The zero-order chi connectivity index (χ0) is 16.1.